The molecule has 0 aromatic carbocycles. The maximum Gasteiger partial charge on any atom is 0.155 e. The van der Waals surface area contributed by atoms with Crippen LogP contribution in [0.4, 0.5) is 0 Å². The molecule has 10 heavy (non-hydrogen) atoms. The molecule has 0 aliphatic heterocycles. The van der Waals surface area contributed by atoms with Gasteiger partial charge in [0.25, 0.3) is 0 Å². The third kappa shape index (κ3) is 1.52. The van der Waals surface area contributed by atoms with Gasteiger partial charge in [0.05, 0.1) is 10.7 Å². The van der Waals surface area contributed by atoms with E-state index in [9.17, 15) is 0 Å². The number of aryl methyl sites for hydroxylation is 1. The quantitative estimate of drug-likeness (QED) is 0.579. The predicted octanol–water partition coefficient (Wildman–Crippen LogP) is 2.35. The molecule has 0 atom stereocenters. The van der Waals surface area contributed by atoms with Gasteiger partial charge in [-0.2, -0.15) is 0 Å². The average molecular weight is 269 g/mol. The van der Waals surface area contributed by atoms with Gasteiger partial charge in [0.2, 0.25) is 0 Å². The van der Waals surface area contributed by atoms with Crippen LogP contribution < -0.4 is 0 Å². The van der Waals surface area contributed by atoms with E-state index in [1.54, 1.807) is 13.0 Å². The third-order valence-corrected chi connectivity index (χ3v) is 1.93. The zero-order valence-electron chi connectivity index (χ0n) is 5.23. The van der Waals surface area contributed by atoms with Gasteiger partial charge in [-0.25, -0.2) is 4.98 Å². The van der Waals surface area contributed by atoms with Gasteiger partial charge in [0.1, 0.15) is 3.70 Å². The first-order valence-electron chi connectivity index (χ1n) is 2.63. The summed E-state index contributed by atoms with van der Waals surface area (Å²) in [6.45, 7) is 1.71. The Balaban J connectivity index is 3.31. The number of aromatic hydroxyl groups is 1. The van der Waals surface area contributed by atoms with E-state index >= 15 is 0 Å². The van der Waals surface area contributed by atoms with Crippen LogP contribution in [0.3, 0.4) is 0 Å². The van der Waals surface area contributed by atoms with Crippen molar-refractivity contribution in [3.8, 4) is 5.75 Å². The largest absolute Gasteiger partial charge is 0.505 e. The molecule has 1 aromatic rings. The van der Waals surface area contributed by atoms with Crippen molar-refractivity contribution in [1.82, 2.24) is 4.98 Å². The molecule has 0 spiro atoms. The van der Waals surface area contributed by atoms with Gasteiger partial charge in [0, 0.05) is 0 Å². The van der Waals surface area contributed by atoms with Gasteiger partial charge in [-0.1, -0.05) is 11.6 Å². The molecule has 0 aliphatic carbocycles. The molecule has 0 fully saturated rings. The second kappa shape index (κ2) is 2.92. The van der Waals surface area contributed by atoms with Crippen LogP contribution in [-0.4, -0.2) is 10.1 Å². The fourth-order valence-electron chi connectivity index (χ4n) is 0.591. The molecular weight excluding hydrogens is 264 g/mol. The Bertz CT molecular complexity index is 241. The summed E-state index contributed by atoms with van der Waals surface area (Å²) in [4.78, 5) is 3.99. The van der Waals surface area contributed by atoms with Crippen LogP contribution >= 0.6 is 34.2 Å². The van der Waals surface area contributed by atoms with E-state index in [0.29, 0.717) is 10.7 Å². The summed E-state index contributed by atoms with van der Waals surface area (Å²) in [5, 5.41) is 9.49. The minimum Gasteiger partial charge on any atom is -0.505 e. The lowest BCUT2D eigenvalue weighted by atomic mass is 10.3. The summed E-state index contributed by atoms with van der Waals surface area (Å²) in [7, 11) is 0. The molecule has 0 saturated carbocycles. The lowest BCUT2D eigenvalue weighted by molar-refractivity contribution is 0.467. The van der Waals surface area contributed by atoms with Crippen molar-refractivity contribution < 1.29 is 5.11 Å². The molecule has 1 aromatic heterocycles. The number of hydrogen-bond acceptors (Lipinski definition) is 2. The fraction of sp³-hybridized carbons (Fsp3) is 0.167. The molecule has 1 heterocycles. The average Bonchev–Trinajstić information content (AvgIpc) is 1.82. The van der Waals surface area contributed by atoms with Crippen LogP contribution in [0.15, 0.2) is 6.07 Å². The number of rotatable bonds is 0. The molecule has 0 amide bonds. The van der Waals surface area contributed by atoms with Crippen LogP contribution in [0.25, 0.3) is 0 Å². The first kappa shape index (κ1) is 8.07. The molecule has 1 N–H and O–H groups in total. The third-order valence-electron chi connectivity index (χ3n) is 1.09. The molecule has 0 radical (unpaired) electrons. The highest BCUT2D eigenvalue weighted by Crippen LogP contribution is 2.26. The van der Waals surface area contributed by atoms with Crippen molar-refractivity contribution in [2.24, 2.45) is 0 Å². The topological polar surface area (TPSA) is 33.1 Å². The van der Waals surface area contributed by atoms with Crippen LogP contribution in [0.5, 0.6) is 5.75 Å². The molecule has 4 heteroatoms. The molecule has 0 bridgehead atoms. The van der Waals surface area contributed by atoms with E-state index in [1.807, 2.05) is 22.6 Å². The lowest BCUT2D eigenvalue weighted by Crippen LogP contribution is -1.85. The molecule has 54 valence electrons. The number of halogens is 2. The number of pyridine rings is 1. The zero-order valence-corrected chi connectivity index (χ0v) is 8.14. The van der Waals surface area contributed by atoms with E-state index < -0.39 is 0 Å². The van der Waals surface area contributed by atoms with Gasteiger partial charge < -0.3 is 5.11 Å². The van der Waals surface area contributed by atoms with Gasteiger partial charge in [0.15, 0.2) is 5.75 Å². The van der Waals surface area contributed by atoms with E-state index in [1.165, 1.54) is 0 Å². The molecular formula is C6H5ClINO. The standard InChI is InChI=1S/C6H5ClINO/c1-3-6(10)4(7)2-5(8)9-3/h2,10H,1H3. The van der Waals surface area contributed by atoms with Crippen molar-refractivity contribution in [1.29, 1.82) is 0 Å². The van der Waals surface area contributed by atoms with E-state index in [-0.39, 0.29) is 5.75 Å². The first-order valence-corrected chi connectivity index (χ1v) is 4.08. The fourth-order valence-corrected chi connectivity index (χ4v) is 1.69. The second-order valence-corrected chi connectivity index (χ2v) is 3.37. The Hall–Kier alpha value is -0.0300. The van der Waals surface area contributed by atoms with E-state index in [4.69, 9.17) is 16.7 Å². The Morgan fingerprint density at radius 3 is 2.80 bits per heavy atom. The monoisotopic (exact) mass is 269 g/mol. The Kier molecular flexibility index (Phi) is 2.36. The van der Waals surface area contributed by atoms with Crippen molar-refractivity contribution in [2.75, 3.05) is 0 Å². The highest BCUT2D eigenvalue weighted by molar-refractivity contribution is 14.1. The minimum atomic E-state index is 0.0714. The predicted molar refractivity (Wildman–Crippen MR) is 48.4 cm³/mol. The molecule has 0 aliphatic rings. The summed E-state index contributed by atoms with van der Waals surface area (Å²) in [6, 6.07) is 1.62. The van der Waals surface area contributed by atoms with Gasteiger partial charge >= 0.3 is 0 Å². The number of nitrogens with zero attached hydrogens (tertiary/aromatic N) is 1. The summed E-state index contributed by atoms with van der Waals surface area (Å²) in [6.07, 6.45) is 0. The smallest absolute Gasteiger partial charge is 0.155 e. The van der Waals surface area contributed by atoms with E-state index in [2.05, 4.69) is 4.98 Å². The summed E-state index contributed by atoms with van der Waals surface area (Å²) < 4.78 is 0.790. The summed E-state index contributed by atoms with van der Waals surface area (Å²) in [5.74, 6) is 0.0714. The van der Waals surface area contributed by atoms with Crippen LogP contribution in [0, 0.1) is 10.6 Å². The second-order valence-electron chi connectivity index (χ2n) is 1.86. The lowest BCUT2D eigenvalue weighted by Gasteiger charge is -1.99. The highest BCUT2D eigenvalue weighted by atomic mass is 127. The maximum absolute atomic E-state index is 9.13. The van der Waals surface area contributed by atoms with Crippen LogP contribution in [0.1, 0.15) is 5.69 Å². The van der Waals surface area contributed by atoms with Gasteiger partial charge in [-0.3, -0.25) is 0 Å². The maximum atomic E-state index is 9.13. The number of aromatic nitrogens is 1. The Morgan fingerprint density at radius 2 is 2.30 bits per heavy atom. The highest BCUT2D eigenvalue weighted by Gasteiger charge is 2.03. The van der Waals surface area contributed by atoms with Crippen molar-refractivity contribution in [3.63, 3.8) is 0 Å². The SMILES string of the molecule is Cc1nc(I)cc(Cl)c1O. The Labute approximate surface area is 77.4 Å². The Morgan fingerprint density at radius 1 is 1.70 bits per heavy atom. The summed E-state index contributed by atoms with van der Waals surface area (Å²) in [5.41, 5.74) is 0.567. The normalized spacial score (nSPS) is 9.90. The van der Waals surface area contributed by atoms with Gasteiger partial charge in [-0.05, 0) is 35.6 Å². The van der Waals surface area contributed by atoms with Crippen LogP contribution in [0.2, 0.25) is 5.02 Å². The van der Waals surface area contributed by atoms with Crippen molar-refractivity contribution in [3.05, 3.63) is 20.5 Å². The van der Waals surface area contributed by atoms with E-state index in [0.717, 1.165) is 3.70 Å². The van der Waals surface area contributed by atoms with Gasteiger partial charge in [-0.15, -0.1) is 0 Å². The number of hydrogen-bond donors (Lipinski definition) is 1. The molecule has 1 rings (SSSR count). The molecule has 0 unspecified atom stereocenters. The first-order chi connectivity index (χ1) is 4.61. The molecule has 0 saturated heterocycles. The minimum absolute atomic E-state index is 0.0714. The summed E-state index contributed by atoms with van der Waals surface area (Å²) >= 11 is 7.67. The van der Waals surface area contributed by atoms with Crippen molar-refractivity contribution in [2.45, 2.75) is 6.92 Å². The van der Waals surface area contributed by atoms with Crippen molar-refractivity contribution >= 4 is 34.2 Å². The van der Waals surface area contributed by atoms with Crippen LogP contribution in [-0.2, 0) is 0 Å². The zero-order chi connectivity index (χ0) is 7.72. The molecule has 2 nitrogen and oxygen atoms in total.